The third-order valence-electron chi connectivity index (χ3n) is 4.97. The standard InChI is InChI=1S/C23H23Cl2N7O2/c1-31(2)11-4-12-34-15-9-7-14(8-10-15)28-22-27-13-16-20(26)32(23(33)30-21(16)29-22)19-17(24)5-3-6-18(19)25/h3,5-10,13H,4,11-12,26H2,1-2H3,(H,28,29,30,33). The third-order valence-corrected chi connectivity index (χ3v) is 5.58. The molecule has 9 nitrogen and oxygen atoms in total. The molecule has 0 atom stereocenters. The van der Waals surface area contributed by atoms with Gasteiger partial charge in [-0.3, -0.25) is 0 Å². The molecule has 2 aromatic heterocycles. The van der Waals surface area contributed by atoms with Gasteiger partial charge in [-0.15, -0.1) is 0 Å². The maximum atomic E-state index is 12.8. The van der Waals surface area contributed by atoms with Gasteiger partial charge in [0.1, 0.15) is 11.6 Å². The van der Waals surface area contributed by atoms with Crippen LogP contribution in [0.2, 0.25) is 10.0 Å². The molecule has 0 spiro atoms. The lowest BCUT2D eigenvalue weighted by molar-refractivity contribution is 0.281. The van der Waals surface area contributed by atoms with Crippen molar-refractivity contribution in [3.05, 3.63) is 69.2 Å². The second-order valence-electron chi connectivity index (χ2n) is 7.77. The van der Waals surface area contributed by atoms with Gasteiger partial charge in [0.05, 0.1) is 27.7 Å². The minimum absolute atomic E-state index is 0.0901. The Morgan fingerprint density at radius 2 is 1.79 bits per heavy atom. The highest BCUT2D eigenvalue weighted by Gasteiger charge is 2.17. The SMILES string of the molecule is CN(C)CCCOc1ccc(Nc2ncc3c(N)n(-c4c(Cl)cccc4Cl)c(=O)nc3n2)cc1. The van der Waals surface area contributed by atoms with Crippen LogP contribution in [0.25, 0.3) is 16.7 Å². The number of nitrogens with one attached hydrogen (secondary N) is 1. The number of hydrogen-bond donors (Lipinski definition) is 2. The number of nitrogens with zero attached hydrogens (tertiary/aromatic N) is 5. The van der Waals surface area contributed by atoms with E-state index in [-0.39, 0.29) is 33.1 Å². The highest BCUT2D eigenvalue weighted by atomic mass is 35.5. The lowest BCUT2D eigenvalue weighted by atomic mass is 10.3. The average molecular weight is 500 g/mol. The summed E-state index contributed by atoms with van der Waals surface area (Å²) < 4.78 is 6.90. The molecule has 34 heavy (non-hydrogen) atoms. The summed E-state index contributed by atoms with van der Waals surface area (Å²) in [6.45, 7) is 1.61. The number of nitrogen functional groups attached to an aromatic ring is 1. The largest absolute Gasteiger partial charge is 0.494 e. The topological polar surface area (TPSA) is 111 Å². The van der Waals surface area contributed by atoms with Gasteiger partial charge in [-0.05, 0) is 56.9 Å². The molecule has 2 heterocycles. The number of nitrogens with two attached hydrogens (primary N) is 1. The van der Waals surface area contributed by atoms with E-state index in [0.29, 0.717) is 12.0 Å². The van der Waals surface area contributed by atoms with Gasteiger partial charge >= 0.3 is 5.69 Å². The van der Waals surface area contributed by atoms with Gasteiger partial charge in [0, 0.05) is 18.4 Å². The minimum Gasteiger partial charge on any atom is -0.494 e. The van der Waals surface area contributed by atoms with Gasteiger partial charge < -0.3 is 20.7 Å². The molecule has 0 aliphatic carbocycles. The Bertz CT molecular complexity index is 1350. The monoisotopic (exact) mass is 499 g/mol. The number of rotatable bonds is 8. The first kappa shape index (κ1) is 23.7. The molecule has 0 radical (unpaired) electrons. The van der Waals surface area contributed by atoms with Crippen molar-refractivity contribution in [1.29, 1.82) is 0 Å². The fourth-order valence-electron chi connectivity index (χ4n) is 3.32. The molecular formula is C23H23Cl2N7O2. The van der Waals surface area contributed by atoms with Crippen LogP contribution in [0.3, 0.4) is 0 Å². The number of halogens is 2. The number of anilines is 3. The van der Waals surface area contributed by atoms with Crippen molar-refractivity contribution in [3.63, 3.8) is 0 Å². The molecule has 11 heteroatoms. The Kier molecular flexibility index (Phi) is 7.16. The number of aromatic nitrogens is 4. The highest BCUT2D eigenvalue weighted by Crippen LogP contribution is 2.30. The molecule has 0 aliphatic rings. The van der Waals surface area contributed by atoms with Gasteiger partial charge in [0.25, 0.3) is 0 Å². The van der Waals surface area contributed by atoms with Gasteiger partial charge in [-0.1, -0.05) is 29.3 Å². The van der Waals surface area contributed by atoms with Crippen molar-refractivity contribution < 1.29 is 4.74 Å². The highest BCUT2D eigenvalue weighted by molar-refractivity contribution is 6.37. The summed E-state index contributed by atoms with van der Waals surface area (Å²) >= 11 is 12.5. The summed E-state index contributed by atoms with van der Waals surface area (Å²) in [6, 6.07) is 12.3. The molecule has 0 saturated carbocycles. The molecule has 176 valence electrons. The van der Waals surface area contributed by atoms with Crippen molar-refractivity contribution in [2.24, 2.45) is 0 Å². The van der Waals surface area contributed by atoms with Crippen molar-refractivity contribution in [2.75, 3.05) is 38.3 Å². The van der Waals surface area contributed by atoms with E-state index in [1.807, 2.05) is 38.4 Å². The summed E-state index contributed by atoms with van der Waals surface area (Å²) in [4.78, 5) is 27.6. The van der Waals surface area contributed by atoms with E-state index in [0.717, 1.165) is 29.0 Å². The quantitative estimate of drug-likeness (QED) is 0.348. The zero-order valence-electron chi connectivity index (χ0n) is 18.6. The van der Waals surface area contributed by atoms with Crippen molar-refractivity contribution in [1.82, 2.24) is 24.4 Å². The summed E-state index contributed by atoms with van der Waals surface area (Å²) in [7, 11) is 4.06. The Morgan fingerprint density at radius 3 is 2.47 bits per heavy atom. The van der Waals surface area contributed by atoms with E-state index in [1.54, 1.807) is 18.2 Å². The van der Waals surface area contributed by atoms with E-state index in [4.69, 9.17) is 33.7 Å². The Hall–Kier alpha value is -3.40. The Labute approximate surface area is 206 Å². The fourth-order valence-corrected chi connectivity index (χ4v) is 3.88. The normalized spacial score (nSPS) is 11.2. The van der Waals surface area contributed by atoms with E-state index >= 15 is 0 Å². The van der Waals surface area contributed by atoms with Crippen LogP contribution in [-0.4, -0.2) is 51.7 Å². The van der Waals surface area contributed by atoms with Crippen molar-refractivity contribution in [3.8, 4) is 11.4 Å². The van der Waals surface area contributed by atoms with E-state index < -0.39 is 5.69 Å². The summed E-state index contributed by atoms with van der Waals surface area (Å²) in [6.07, 6.45) is 2.44. The van der Waals surface area contributed by atoms with Crippen molar-refractivity contribution >= 4 is 51.7 Å². The van der Waals surface area contributed by atoms with Crippen molar-refractivity contribution in [2.45, 2.75) is 6.42 Å². The Morgan fingerprint density at radius 1 is 1.09 bits per heavy atom. The summed E-state index contributed by atoms with van der Waals surface area (Å²) in [5.41, 5.74) is 6.78. The molecule has 3 N–H and O–H groups in total. The number of ether oxygens (including phenoxy) is 1. The summed E-state index contributed by atoms with van der Waals surface area (Å²) in [5, 5.41) is 4.02. The second kappa shape index (κ2) is 10.3. The van der Waals surface area contributed by atoms with Gasteiger partial charge in [-0.2, -0.15) is 9.97 Å². The average Bonchev–Trinajstić information content (AvgIpc) is 2.79. The van der Waals surface area contributed by atoms with Crippen LogP contribution >= 0.6 is 23.2 Å². The second-order valence-corrected chi connectivity index (χ2v) is 8.59. The lowest BCUT2D eigenvalue weighted by Crippen LogP contribution is -2.25. The van der Waals surface area contributed by atoms with Gasteiger partial charge in [0.2, 0.25) is 5.95 Å². The molecule has 2 aromatic carbocycles. The molecular weight excluding hydrogens is 477 g/mol. The molecule has 4 aromatic rings. The maximum Gasteiger partial charge on any atom is 0.355 e. The number of fused-ring (bicyclic) bond motifs is 1. The number of hydrogen-bond acceptors (Lipinski definition) is 8. The van der Waals surface area contributed by atoms with Crippen LogP contribution in [-0.2, 0) is 0 Å². The van der Waals surface area contributed by atoms with Crippen LogP contribution in [0.1, 0.15) is 6.42 Å². The molecule has 0 unspecified atom stereocenters. The first-order chi connectivity index (χ1) is 16.3. The van der Waals surface area contributed by atoms with E-state index in [2.05, 4.69) is 25.2 Å². The third kappa shape index (κ3) is 5.22. The molecule has 0 bridgehead atoms. The molecule has 4 rings (SSSR count). The first-order valence-corrected chi connectivity index (χ1v) is 11.2. The van der Waals surface area contributed by atoms with Crippen LogP contribution in [0, 0.1) is 0 Å². The molecule has 0 aliphatic heterocycles. The molecule has 0 fully saturated rings. The van der Waals surface area contributed by atoms with Gasteiger partial charge in [-0.25, -0.2) is 14.3 Å². The number of para-hydroxylation sites is 1. The zero-order chi connectivity index (χ0) is 24.2. The van der Waals surface area contributed by atoms with E-state index in [9.17, 15) is 4.79 Å². The maximum absolute atomic E-state index is 12.8. The Balaban J connectivity index is 1.55. The predicted octanol–water partition coefficient (Wildman–Crippen LogP) is 4.14. The fraction of sp³-hybridized carbons (Fsp3) is 0.217. The van der Waals surface area contributed by atoms with Crippen LogP contribution in [0.5, 0.6) is 5.75 Å². The molecule has 0 amide bonds. The van der Waals surface area contributed by atoms with Crippen LogP contribution in [0.4, 0.5) is 17.5 Å². The predicted molar refractivity (Wildman–Crippen MR) is 136 cm³/mol. The first-order valence-electron chi connectivity index (χ1n) is 10.5. The van der Waals surface area contributed by atoms with E-state index in [1.165, 1.54) is 6.20 Å². The minimum atomic E-state index is -0.652. The number of benzene rings is 2. The van der Waals surface area contributed by atoms with Crippen LogP contribution in [0.15, 0.2) is 53.5 Å². The molecule has 0 saturated heterocycles. The zero-order valence-corrected chi connectivity index (χ0v) is 20.1. The van der Waals surface area contributed by atoms with Crippen LogP contribution < -0.4 is 21.5 Å². The van der Waals surface area contributed by atoms with Gasteiger partial charge in [0.15, 0.2) is 5.65 Å². The smallest absolute Gasteiger partial charge is 0.355 e. The lowest BCUT2D eigenvalue weighted by Gasteiger charge is -2.14. The summed E-state index contributed by atoms with van der Waals surface area (Å²) in [5.74, 6) is 1.14.